The maximum Gasteiger partial charge on any atom is 0.268 e. The second kappa shape index (κ2) is 40.8. The fourth-order valence-electron chi connectivity index (χ4n) is 6.64. The number of aliphatic hydroxyl groups is 1. The SMILES string of the molecule is CCCC/C=C\CCCCCCCC(=O)NC(COP(=O)([O-])OCC[N+](C)(C)C)C(O)/C=C/CC/C=C/CC/C=C/CCCCCCCCCCCCCCCCC. The highest BCUT2D eigenvalue weighted by molar-refractivity contribution is 7.45. The number of allylic oxidation sites excluding steroid dienone is 7. The van der Waals surface area contributed by atoms with Gasteiger partial charge in [-0.05, 0) is 64.2 Å². The van der Waals surface area contributed by atoms with Crippen LogP contribution in [0, 0.1) is 0 Å². The van der Waals surface area contributed by atoms with Crippen LogP contribution in [0.5, 0.6) is 0 Å². The molecular weight excluding hydrogens is 744 g/mol. The summed E-state index contributed by atoms with van der Waals surface area (Å²) in [7, 11) is 1.23. The number of carbonyl (C=O) groups is 1. The van der Waals surface area contributed by atoms with Crippen molar-refractivity contribution in [1.29, 1.82) is 0 Å². The van der Waals surface area contributed by atoms with Crippen LogP contribution in [0.25, 0.3) is 0 Å². The van der Waals surface area contributed by atoms with E-state index in [1.54, 1.807) is 6.08 Å². The van der Waals surface area contributed by atoms with Crippen LogP contribution in [-0.2, 0) is 18.4 Å². The first-order chi connectivity index (χ1) is 28.0. The van der Waals surface area contributed by atoms with Crippen molar-refractivity contribution in [3.8, 4) is 0 Å². The number of nitrogens with zero attached hydrogens (tertiary/aromatic N) is 1. The average molecular weight is 837 g/mol. The molecule has 2 N–H and O–H groups in total. The molecule has 1 amide bonds. The summed E-state index contributed by atoms with van der Waals surface area (Å²) in [6, 6.07) is -0.913. The molecule has 0 heterocycles. The molecule has 0 aliphatic heterocycles. The largest absolute Gasteiger partial charge is 0.756 e. The summed E-state index contributed by atoms with van der Waals surface area (Å²) in [5, 5.41) is 13.7. The summed E-state index contributed by atoms with van der Waals surface area (Å²) in [6.45, 7) is 4.57. The summed E-state index contributed by atoms with van der Waals surface area (Å²) >= 11 is 0. The Labute approximate surface area is 359 Å². The van der Waals surface area contributed by atoms with Gasteiger partial charge in [-0.3, -0.25) is 9.36 Å². The normalized spacial score (nSPS) is 14.7. The Morgan fingerprint density at radius 2 is 0.983 bits per heavy atom. The topological polar surface area (TPSA) is 108 Å². The number of rotatable bonds is 43. The molecule has 0 bridgehead atoms. The highest BCUT2D eigenvalue weighted by Gasteiger charge is 2.23. The fourth-order valence-corrected chi connectivity index (χ4v) is 7.36. The van der Waals surface area contributed by atoms with Gasteiger partial charge in [-0.2, -0.15) is 0 Å². The quantitative estimate of drug-likeness (QED) is 0.0274. The van der Waals surface area contributed by atoms with E-state index < -0.39 is 26.6 Å². The van der Waals surface area contributed by atoms with E-state index in [2.05, 4.69) is 55.6 Å². The summed E-state index contributed by atoms with van der Waals surface area (Å²) < 4.78 is 23.2. The van der Waals surface area contributed by atoms with Gasteiger partial charge < -0.3 is 28.8 Å². The fraction of sp³-hybridized carbons (Fsp3) is 0.816. The summed E-state index contributed by atoms with van der Waals surface area (Å²) in [4.78, 5) is 25.2. The van der Waals surface area contributed by atoms with Crippen molar-refractivity contribution in [2.75, 3.05) is 40.9 Å². The maximum absolute atomic E-state index is 12.8. The van der Waals surface area contributed by atoms with Crippen LogP contribution in [-0.4, -0.2) is 68.5 Å². The van der Waals surface area contributed by atoms with Gasteiger partial charge in [0.25, 0.3) is 7.82 Å². The molecule has 0 fully saturated rings. The predicted molar refractivity (Wildman–Crippen MR) is 247 cm³/mol. The van der Waals surface area contributed by atoms with Gasteiger partial charge in [0.15, 0.2) is 0 Å². The van der Waals surface area contributed by atoms with Crippen LogP contribution in [0.2, 0.25) is 0 Å². The van der Waals surface area contributed by atoms with Crippen molar-refractivity contribution < 1.29 is 32.9 Å². The van der Waals surface area contributed by atoms with Gasteiger partial charge in [0, 0.05) is 6.42 Å². The molecule has 0 aliphatic carbocycles. The van der Waals surface area contributed by atoms with E-state index >= 15 is 0 Å². The van der Waals surface area contributed by atoms with Gasteiger partial charge in [0.1, 0.15) is 13.2 Å². The number of amides is 1. The Balaban J connectivity index is 4.35. The van der Waals surface area contributed by atoms with Crippen LogP contribution < -0.4 is 10.2 Å². The zero-order chi connectivity index (χ0) is 42.8. The molecule has 0 saturated heterocycles. The van der Waals surface area contributed by atoms with Gasteiger partial charge in [-0.15, -0.1) is 0 Å². The Morgan fingerprint density at radius 3 is 1.45 bits per heavy atom. The molecule has 0 spiro atoms. The van der Waals surface area contributed by atoms with Crippen molar-refractivity contribution in [3.63, 3.8) is 0 Å². The molecule has 0 saturated carbocycles. The number of likely N-dealkylation sites (N-methyl/N-ethyl adjacent to an activating group) is 1. The molecule has 0 aromatic rings. The molecule has 0 aliphatic rings. The summed E-state index contributed by atoms with van der Waals surface area (Å²) in [5.74, 6) is -0.224. The Morgan fingerprint density at radius 1 is 0.586 bits per heavy atom. The third kappa shape index (κ3) is 42.6. The van der Waals surface area contributed by atoms with Gasteiger partial charge in [-0.25, -0.2) is 0 Å². The zero-order valence-corrected chi connectivity index (χ0v) is 39.4. The van der Waals surface area contributed by atoms with E-state index in [0.717, 1.165) is 70.6 Å². The second-order valence-corrected chi connectivity index (χ2v) is 18.8. The monoisotopic (exact) mass is 837 g/mol. The zero-order valence-electron chi connectivity index (χ0n) is 38.5. The summed E-state index contributed by atoms with van der Waals surface area (Å²) in [6.07, 6.45) is 51.8. The van der Waals surface area contributed by atoms with Crippen LogP contribution in [0.4, 0.5) is 0 Å². The number of nitrogens with one attached hydrogen (secondary N) is 1. The van der Waals surface area contributed by atoms with Crippen LogP contribution >= 0.6 is 7.82 Å². The van der Waals surface area contributed by atoms with Crippen LogP contribution in [0.3, 0.4) is 0 Å². The van der Waals surface area contributed by atoms with Crippen molar-refractivity contribution in [1.82, 2.24) is 5.32 Å². The molecule has 0 radical (unpaired) electrons. The first kappa shape index (κ1) is 56.5. The third-order valence-electron chi connectivity index (χ3n) is 10.5. The number of hydrogen-bond acceptors (Lipinski definition) is 6. The van der Waals surface area contributed by atoms with E-state index in [-0.39, 0.29) is 12.5 Å². The smallest absolute Gasteiger partial charge is 0.268 e. The molecule has 0 rings (SSSR count). The molecule has 0 aromatic carbocycles. The van der Waals surface area contributed by atoms with Crippen molar-refractivity contribution in [2.24, 2.45) is 0 Å². The number of quaternary nitrogens is 1. The maximum atomic E-state index is 12.8. The lowest BCUT2D eigenvalue weighted by Gasteiger charge is -2.29. The number of phosphoric ester groups is 1. The minimum absolute atomic E-state index is 0.0116. The van der Waals surface area contributed by atoms with E-state index in [4.69, 9.17) is 9.05 Å². The van der Waals surface area contributed by atoms with E-state index in [1.165, 1.54) is 116 Å². The lowest BCUT2D eigenvalue weighted by Crippen LogP contribution is -2.45. The number of aliphatic hydroxyl groups excluding tert-OH is 1. The Hall–Kier alpha value is -1.54. The molecule has 3 atom stereocenters. The van der Waals surface area contributed by atoms with Gasteiger partial charge in [0.2, 0.25) is 5.91 Å². The number of phosphoric acid groups is 1. The van der Waals surface area contributed by atoms with Crippen LogP contribution in [0.1, 0.15) is 206 Å². The number of hydrogen-bond donors (Lipinski definition) is 2. The average Bonchev–Trinajstić information content (AvgIpc) is 3.17. The van der Waals surface area contributed by atoms with Crippen molar-refractivity contribution in [3.05, 3.63) is 48.6 Å². The number of carbonyl (C=O) groups excluding carboxylic acids is 1. The van der Waals surface area contributed by atoms with Crippen LogP contribution in [0.15, 0.2) is 48.6 Å². The number of unbranched alkanes of at least 4 members (excludes halogenated alkanes) is 24. The minimum Gasteiger partial charge on any atom is -0.756 e. The summed E-state index contributed by atoms with van der Waals surface area (Å²) in [5.41, 5.74) is 0. The van der Waals surface area contributed by atoms with Gasteiger partial charge >= 0.3 is 0 Å². The Bertz CT molecular complexity index is 1090. The Kier molecular flexibility index (Phi) is 39.8. The molecule has 340 valence electrons. The minimum atomic E-state index is -4.60. The van der Waals surface area contributed by atoms with Crippen molar-refractivity contribution in [2.45, 2.75) is 219 Å². The first-order valence-corrected chi connectivity index (χ1v) is 25.5. The predicted octanol–water partition coefficient (Wildman–Crippen LogP) is 13.0. The third-order valence-corrected chi connectivity index (χ3v) is 11.5. The molecule has 8 nitrogen and oxygen atoms in total. The molecule has 0 aromatic heterocycles. The molecule has 3 unspecified atom stereocenters. The van der Waals surface area contributed by atoms with Gasteiger partial charge in [-0.1, -0.05) is 184 Å². The lowest BCUT2D eigenvalue weighted by molar-refractivity contribution is -0.870. The molecular formula is C49H93N2O6P. The second-order valence-electron chi connectivity index (χ2n) is 17.4. The first-order valence-electron chi connectivity index (χ1n) is 24.0. The molecule has 58 heavy (non-hydrogen) atoms. The highest BCUT2D eigenvalue weighted by Crippen LogP contribution is 2.38. The van der Waals surface area contributed by atoms with E-state index in [9.17, 15) is 19.4 Å². The highest BCUT2D eigenvalue weighted by atomic mass is 31.2. The standard InChI is InChI=1S/C49H93N2O6P/c1-6-8-10-12-14-16-18-19-20-21-22-23-24-25-26-27-28-29-30-31-33-34-36-38-40-42-48(52)47(46-57-58(54,55)56-45-44-51(3,4)5)50-49(53)43-41-39-37-35-32-17-15-13-11-9-7-2/h13,15,28-29,33-34,40,42,47-48,52H,6-12,14,16-27,30-32,35-39,41,43-46H2,1-5H3,(H-,50,53,54,55)/b15-13-,29-28+,34-33+,42-40+. The molecule has 9 heteroatoms. The lowest BCUT2D eigenvalue weighted by atomic mass is 10.0. The van der Waals surface area contributed by atoms with Gasteiger partial charge in [0.05, 0.1) is 39.9 Å². The van der Waals surface area contributed by atoms with E-state index in [1.807, 2.05) is 27.2 Å². The van der Waals surface area contributed by atoms with Crippen molar-refractivity contribution >= 4 is 13.7 Å². The van der Waals surface area contributed by atoms with E-state index in [0.29, 0.717) is 17.4 Å².